The number of amides is 1. The fourth-order valence-electron chi connectivity index (χ4n) is 1.72. The number of carbonyl (C=O) groups excluding carboxylic acids is 1. The zero-order valence-electron chi connectivity index (χ0n) is 11.2. The van der Waals surface area contributed by atoms with Crippen LogP contribution in [0.2, 0.25) is 0 Å². The zero-order valence-corrected chi connectivity index (χ0v) is 11.2. The highest BCUT2D eigenvalue weighted by Gasteiger charge is 2.04. The molecule has 1 amide bonds. The fourth-order valence-corrected chi connectivity index (χ4v) is 1.72. The fraction of sp³-hybridized carbons (Fsp3) is 0.125. The molecule has 4 nitrogen and oxygen atoms in total. The highest BCUT2D eigenvalue weighted by Crippen LogP contribution is 2.19. The molecular weight excluding hydrogens is 271 g/mol. The minimum atomic E-state index is -0.385. The first kappa shape index (κ1) is 14.5. The van der Waals surface area contributed by atoms with Crippen LogP contribution in [0.1, 0.15) is 12.0 Å². The number of nitriles is 1. The van der Waals surface area contributed by atoms with E-state index < -0.39 is 0 Å². The normalized spacial score (nSPS) is 9.71. The SMILES string of the molecule is N#CCC(=O)Nc1cccc(OCc2ccccc2F)c1. The Morgan fingerprint density at radius 3 is 2.81 bits per heavy atom. The molecule has 0 aliphatic heterocycles. The lowest BCUT2D eigenvalue weighted by atomic mass is 10.2. The molecule has 0 saturated heterocycles. The van der Waals surface area contributed by atoms with Gasteiger partial charge in [-0.15, -0.1) is 0 Å². The van der Waals surface area contributed by atoms with Crippen molar-refractivity contribution in [2.45, 2.75) is 13.0 Å². The Hall–Kier alpha value is -2.87. The standard InChI is InChI=1S/C16H13FN2O2/c17-15-7-2-1-4-12(15)11-21-14-6-3-5-13(10-14)19-16(20)8-9-18/h1-7,10H,8,11H2,(H,19,20). The molecule has 0 saturated carbocycles. The maximum absolute atomic E-state index is 13.5. The Labute approximate surface area is 121 Å². The zero-order chi connectivity index (χ0) is 15.1. The molecule has 0 radical (unpaired) electrons. The van der Waals surface area contributed by atoms with Gasteiger partial charge in [-0.2, -0.15) is 5.26 Å². The van der Waals surface area contributed by atoms with Crippen LogP contribution in [-0.4, -0.2) is 5.91 Å². The van der Waals surface area contributed by atoms with Crippen LogP contribution < -0.4 is 10.1 Å². The van der Waals surface area contributed by atoms with Crippen molar-refractivity contribution < 1.29 is 13.9 Å². The van der Waals surface area contributed by atoms with Crippen LogP contribution in [-0.2, 0) is 11.4 Å². The van der Waals surface area contributed by atoms with E-state index in [0.29, 0.717) is 17.0 Å². The van der Waals surface area contributed by atoms with Crippen molar-refractivity contribution in [2.75, 3.05) is 5.32 Å². The predicted octanol–water partition coefficient (Wildman–Crippen LogP) is 3.26. The molecule has 0 aromatic heterocycles. The van der Waals surface area contributed by atoms with Gasteiger partial charge in [0, 0.05) is 17.3 Å². The first-order valence-corrected chi connectivity index (χ1v) is 6.32. The van der Waals surface area contributed by atoms with E-state index >= 15 is 0 Å². The van der Waals surface area contributed by atoms with Crippen LogP contribution in [0.4, 0.5) is 10.1 Å². The summed E-state index contributed by atoms with van der Waals surface area (Å²) in [7, 11) is 0. The van der Waals surface area contributed by atoms with E-state index in [9.17, 15) is 9.18 Å². The summed E-state index contributed by atoms with van der Waals surface area (Å²) in [6.45, 7) is 0.0995. The van der Waals surface area contributed by atoms with E-state index in [1.54, 1.807) is 48.5 Å². The van der Waals surface area contributed by atoms with Gasteiger partial charge in [-0.05, 0) is 18.2 Å². The second-order valence-corrected chi connectivity index (χ2v) is 4.29. The van der Waals surface area contributed by atoms with Crippen LogP contribution in [0.3, 0.4) is 0 Å². The van der Waals surface area contributed by atoms with Crippen molar-refractivity contribution >= 4 is 11.6 Å². The average Bonchev–Trinajstić information content (AvgIpc) is 2.47. The molecular formula is C16H13FN2O2. The third-order valence-electron chi connectivity index (χ3n) is 2.71. The highest BCUT2D eigenvalue weighted by molar-refractivity contribution is 5.92. The number of carbonyl (C=O) groups is 1. The Morgan fingerprint density at radius 2 is 2.05 bits per heavy atom. The smallest absolute Gasteiger partial charge is 0.238 e. The minimum absolute atomic E-state index is 0.0995. The molecule has 0 fully saturated rings. The van der Waals surface area contributed by atoms with E-state index in [1.165, 1.54) is 6.07 Å². The Balaban J connectivity index is 2.00. The van der Waals surface area contributed by atoms with Crippen LogP contribution in [0.5, 0.6) is 5.75 Å². The van der Waals surface area contributed by atoms with Crippen LogP contribution in [0.25, 0.3) is 0 Å². The van der Waals surface area contributed by atoms with Crippen LogP contribution >= 0.6 is 0 Å². The summed E-state index contributed by atoms with van der Waals surface area (Å²) in [5, 5.41) is 11.0. The lowest BCUT2D eigenvalue weighted by Crippen LogP contribution is -2.10. The molecule has 0 bridgehead atoms. The molecule has 0 aliphatic rings. The van der Waals surface area contributed by atoms with Crippen molar-refractivity contribution in [3.8, 4) is 11.8 Å². The molecule has 0 spiro atoms. The quantitative estimate of drug-likeness (QED) is 0.916. The minimum Gasteiger partial charge on any atom is -0.489 e. The third-order valence-corrected chi connectivity index (χ3v) is 2.71. The van der Waals surface area contributed by atoms with Crippen molar-refractivity contribution in [2.24, 2.45) is 0 Å². The summed E-state index contributed by atoms with van der Waals surface area (Å²) in [5.41, 5.74) is 0.984. The van der Waals surface area contributed by atoms with Crippen molar-refractivity contribution in [1.29, 1.82) is 5.26 Å². The average molecular weight is 284 g/mol. The van der Waals surface area contributed by atoms with Crippen molar-refractivity contribution in [1.82, 2.24) is 0 Å². The Kier molecular flexibility index (Phi) is 4.89. The number of nitrogens with zero attached hydrogens (tertiary/aromatic N) is 1. The molecule has 2 aromatic carbocycles. The summed E-state index contributed by atoms with van der Waals surface area (Å²) < 4.78 is 19.0. The largest absolute Gasteiger partial charge is 0.489 e. The number of anilines is 1. The van der Waals surface area contributed by atoms with E-state index in [-0.39, 0.29) is 24.8 Å². The summed E-state index contributed by atoms with van der Waals surface area (Å²) in [4.78, 5) is 11.3. The topological polar surface area (TPSA) is 62.1 Å². The number of nitrogens with one attached hydrogen (secondary N) is 1. The molecule has 0 unspecified atom stereocenters. The van der Waals surface area contributed by atoms with Crippen molar-refractivity contribution in [3.63, 3.8) is 0 Å². The Bertz CT molecular complexity index is 680. The number of benzene rings is 2. The molecule has 2 aromatic rings. The summed E-state index contributed by atoms with van der Waals surface area (Å²) >= 11 is 0. The maximum Gasteiger partial charge on any atom is 0.238 e. The number of hydrogen-bond acceptors (Lipinski definition) is 3. The van der Waals surface area contributed by atoms with Gasteiger partial charge >= 0.3 is 0 Å². The second kappa shape index (κ2) is 7.06. The first-order chi connectivity index (χ1) is 10.2. The summed E-state index contributed by atoms with van der Waals surface area (Å²) in [6, 6.07) is 14.9. The van der Waals surface area contributed by atoms with Gasteiger partial charge in [0.15, 0.2) is 0 Å². The number of ether oxygens (including phenoxy) is 1. The van der Waals surface area contributed by atoms with Crippen molar-refractivity contribution in [3.05, 3.63) is 59.9 Å². The van der Waals surface area contributed by atoms with Gasteiger partial charge in [0.05, 0.1) is 6.07 Å². The molecule has 21 heavy (non-hydrogen) atoms. The molecule has 0 heterocycles. The first-order valence-electron chi connectivity index (χ1n) is 6.32. The van der Waals surface area contributed by atoms with E-state index in [0.717, 1.165) is 0 Å². The van der Waals surface area contributed by atoms with Gasteiger partial charge in [-0.1, -0.05) is 24.3 Å². The third kappa shape index (κ3) is 4.32. The molecule has 0 aliphatic carbocycles. The van der Waals surface area contributed by atoms with Gasteiger partial charge < -0.3 is 10.1 Å². The lowest BCUT2D eigenvalue weighted by molar-refractivity contribution is -0.115. The molecule has 2 rings (SSSR count). The molecule has 1 N–H and O–H groups in total. The van der Waals surface area contributed by atoms with Crippen LogP contribution in [0.15, 0.2) is 48.5 Å². The number of halogens is 1. The van der Waals surface area contributed by atoms with Gasteiger partial charge in [-0.3, -0.25) is 4.79 Å². The van der Waals surface area contributed by atoms with E-state index in [1.807, 2.05) is 0 Å². The second-order valence-electron chi connectivity index (χ2n) is 4.29. The van der Waals surface area contributed by atoms with Gasteiger partial charge in [0.25, 0.3) is 0 Å². The Morgan fingerprint density at radius 1 is 1.24 bits per heavy atom. The maximum atomic E-state index is 13.5. The van der Waals surface area contributed by atoms with E-state index in [4.69, 9.17) is 10.00 Å². The number of rotatable bonds is 5. The lowest BCUT2D eigenvalue weighted by Gasteiger charge is -2.09. The van der Waals surface area contributed by atoms with Gasteiger partial charge in [0.2, 0.25) is 5.91 Å². The highest BCUT2D eigenvalue weighted by atomic mass is 19.1. The summed E-state index contributed by atoms with van der Waals surface area (Å²) in [5.74, 6) is -0.201. The predicted molar refractivity (Wildman–Crippen MR) is 76.0 cm³/mol. The van der Waals surface area contributed by atoms with Crippen LogP contribution in [0, 0.1) is 17.1 Å². The van der Waals surface area contributed by atoms with E-state index in [2.05, 4.69) is 5.32 Å². The van der Waals surface area contributed by atoms with Gasteiger partial charge in [0.1, 0.15) is 24.6 Å². The molecule has 0 atom stereocenters. The molecule has 106 valence electrons. The monoisotopic (exact) mass is 284 g/mol. The number of hydrogen-bond donors (Lipinski definition) is 1. The van der Waals surface area contributed by atoms with Gasteiger partial charge in [-0.25, -0.2) is 4.39 Å². The molecule has 5 heteroatoms. The summed E-state index contributed by atoms with van der Waals surface area (Å²) in [6.07, 6.45) is -0.208.